The summed E-state index contributed by atoms with van der Waals surface area (Å²) in [4.78, 5) is 33.1. The van der Waals surface area contributed by atoms with Gasteiger partial charge in [-0.3, -0.25) is 14.5 Å². The zero-order valence-electron chi connectivity index (χ0n) is 17.3. The van der Waals surface area contributed by atoms with Gasteiger partial charge in [-0.05, 0) is 37.0 Å². The van der Waals surface area contributed by atoms with E-state index in [-0.39, 0.29) is 23.8 Å². The molecule has 11 heteroatoms. The summed E-state index contributed by atoms with van der Waals surface area (Å²) in [6.45, 7) is -0.500. The molecule has 3 aliphatic carbocycles. The Hall–Kier alpha value is -2.46. The van der Waals surface area contributed by atoms with E-state index < -0.39 is 53.3 Å². The van der Waals surface area contributed by atoms with Gasteiger partial charge in [0.25, 0.3) is 5.91 Å². The number of hydrogen-bond acceptors (Lipinski definition) is 4. The van der Waals surface area contributed by atoms with Crippen molar-refractivity contribution in [2.75, 3.05) is 6.54 Å². The predicted octanol–water partition coefficient (Wildman–Crippen LogP) is 3.38. The lowest BCUT2D eigenvalue weighted by Gasteiger charge is -2.71. The van der Waals surface area contributed by atoms with Gasteiger partial charge in [0.05, 0.1) is 11.2 Å². The van der Waals surface area contributed by atoms with Crippen molar-refractivity contribution in [1.29, 1.82) is 0 Å². The lowest BCUT2D eigenvalue weighted by Crippen LogP contribution is -2.78. The molecule has 1 unspecified atom stereocenters. The number of rotatable bonds is 3. The molecule has 1 aromatic carbocycles. The van der Waals surface area contributed by atoms with Gasteiger partial charge >= 0.3 is 6.18 Å². The Morgan fingerprint density at radius 2 is 1.79 bits per heavy atom. The Labute approximate surface area is 191 Å². The van der Waals surface area contributed by atoms with E-state index in [2.05, 4.69) is 4.99 Å². The average Bonchev–Trinajstić information content (AvgIpc) is 2.68. The summed E-state index contributed by atoms with van der Waals surface area (Å²) in [6, 6.07) is 3.44. The van der Waals surface area contributed by atoms with Crippen molar-refractivity contribution in [2.24, 2.45) is 10.4 Å². The molecule has 2 atom stereocenters. The van der Waals surface area contributed by atoms with Gasteiger partial charge in [-0.2, -0.15) is 13.2 Å². The molecule has 3 saturated carbocycles. The van der Waals surface area contributed by atoms with Crippen molar-refractivity contribution >= 4 is 29.3 Å². The SMILES string of the molecule is O=C1[C@H](C23CC(O)(C2)C3)N(Cc2ccc(C(F)(F)F)cc2)C(=O)CN1C1=NC=C(Cl)CC1F. The maximum atomic E-state index is 14.6. The molecule has 6 rings (SSSR count). The van der Waals surface area contributed by atoms with Crippen LogP contribution in [0.1, 0.15) is 36.8 Å². The second kappa shape index (κ2) is 7.27. The van der Waals surface area contributed by atoms with Crippen molar-refractivity contribution in [3.63, 3.8) is 0 Å². The number of alkyl halides is 4. The highest BCUT2D eigenvalue weighted by molar-refractivity contribution is 6.30. The molecular formula is C22H20ClF4N3O3. The van der Waals surface area contributed by atoms with Gasteiger partial charge in [0.1, 0.15) is 18.4 Å². The van der Waals surface area contributed by atoms with Crippen LogP contribution in [0.25, 0.3) is 0 Å². The van der Waals surface area contributed by atoms with Crippen LogP contribution in [0.15, 0.2) is 40.5 Å². The molecule has 0 radical (unpaired) electrons. The molecule has 33 heavy (non-hydrogen) atoms. The predicted molar refractivity (Wildman–Crippen MR) is 110 cm³/mol. The van der Waals surface area contributed by atoms with Crippen molar-refractivity contribution in [1.82, 2.24) is 9.80 Å². The summed E-state index contributed by atoms with van der Waals surface area (Å²) in [7, 11) is 0. The van der Waals surface area contributed by atoms with E-state index in [0.717, 1.165) is 17.0 Å². The third-order valence-corrected chi connectivity index (χ3v) is 7.20. The number of carbonyl (C=O) groups excluding carboxylic acids is 2. The lowest BCUT2D eigenvalue weighted by molar-refractivity contribution is -0.282. The molecular weight excluding hydrogens is 466 g/mol. The number of carbonyl (C=O) groups is 2. The molecule has 6 nitrogen and oxygen atoms in total. The molecule has 2 amide bonds. The summed E-state index contributed by atoms with van der Waals surface area (Å²) in [5.74, 6) is -1.15. The molecule has 1 saturated heterocycles. The monoisotopic (exact) mass is 485 g/mol. The van der Waals surface area contributed by atoms with E-state index in [1.165, 1.54) is 23.2 Å². The van der Waals surface area contributed by atoms with Crippen LogP contribution >= 0.6 is 11.6 Å². The van der Waals surface area contributed by atoms with Crippen LogP contribution < -0.4 is 0 Å². The highest BCUT2D eigenvalue weighted by atomic mass is 35.5. The highest BCUT2D eigenvalue weighted by Gasteiger charge is 2.73. The number of aliphatic hydroxyl groups is 1. The average molecular weight is 486 g/mol. The number of piperazine rings is 1. The second-order valence-corrected chi connectivity index (χ2v) is 9.88. The Kier molecular flexibility index (Phi) is 4.92. The van der Waals surface area contributed by atoms with Crippen molar-refractivity contribution < 1.29 is 32.3 Å². The Morgan fingerprint density at radius 3 is 2.33 bits per heavy atom. The molecule has 1 aromatic rings. The third-order valence-electron chi connectivity index (χ3n) is 6.95. The lowest BCUT2D eigenvalue weighted by atomic mass is 9.38. The quantitative estimate of drug-likeness (QED) is 0.667. The first kappa shape index (κ1) is 22.3. The van der Waals surface area contributed by atoms with E-state index in [0.29, 0.717) is 24.8 Å². The van der Waals surface area contributed by atoms with E-state index in [4.69, 9.17) is 11.6 Å². The molecule has 4 fully saturated rings. The number of aliphatic imine (C=N–C) groups is 1. The van der Waals surface area contributed by atoms with E-state index in [9.17, 15) is 32.3 Å². The zero-order chi connectivity index (χ0) is 23.8. The maximum absolute atomic E-state index is 14.6. The first-order chi connectivity index (χ1) is 15.4. The normalized spacial score (nSPS) is 33.9. The maximum Gasteiger partial charge on any atom is 0.416 e. The van der Waals surface area contributed by atoms with E-state index in [1.807, 2.05) is 0 Å². The van der Waals surface area contributed by atoms with Crippen LogP contribution in [-0.4, -0.2) is 56.9 Å². The number of allylic oxidation sites excluding steroid dienone is 1. The van der Waals surface area contributed by atoms with Crippen LogP contribution in [-0.2, 0) is 22.3 Å². The van der Waals surface area contributed by atoms with Crippen LogP contribution in [0.2, 0.25) is 0 Å². The van der Waals surface area contributed by atoms with E-state index in [1.54, 1.807) is 0 Å². The molecule has 1 N–H and O–H groups in total. The molecule has 176 valence electrons. The minimum absolute atomic E-state index is 0.0708. The van der Waals surface area contributed by atoms with Gasteiger partial charge < -0.3 is 10.0 Å². The molecule has 2 aliphatic heterocycles. The number of benzene rings is 1. The van der Waals surface area contributed by atoms with Gasteiger partial charge in [0, 0.05) is 29.6 Å². The third kappa shape index (κ3) is 3.63. The Balaban J connectivity index is 1.44. The first-order valence-electron chi connectivity index (χ1n) is 10.5. The van der Waals surface area contributed by atoms with E-state index >= 15 is 0 Å². The number of nitrogens with zero attached hydrogens (tertiary/aromatic N) is 3. The molecule has 2 bridgehead atoms. The summed E-state index contributed by atoms with van der Waals surface area (Å²) >= 11 is 5.83. The largest absolute Gasteiger partial charge is 0.416 e. The zero-order valence-corrected chi connectivity index (χ0v) is 18.0. The summed E-state index contributed by atoms with van der Waals surface area (Å²) < 4.78 is 53.3. The number of hydrogen-bond donors (Lipinski definition) is 1. The molecule has 0 spiro atoms. The standard InChI is InChI=1S/C22H20ClF4N3O3/c23-14-5-15(24)18(28-6-14)30-8-16(31)29(7-12-1-3-13(4-2-12)22(25,26)27)17(19(30)32)20-9-21(33,10-20)11-20/h1-4,6,15,17,33H,5,7-11H2/t15?,17-,20?,21?/m1/s1. The topological polar surface area (TPSA) is 73.2 Å². The van der Waals surface area contributed by atoms with Gasteiger partial charge in [-0.25, -0.2) is 9.38 Å². The van der Waals surface area contributed by atoms with Crippen LogP contribution in [0.4, 0.5) is 17.6 Å². The Bertz CT molecular complexity index is 1070. The van der Waals surface area contributed by atoms with Gasteiger partial charge in [0.15, 0.2) is 6.17 Å². The fourth-order valence-electron chi connectivity index (χ4n) is 5.56. The van der Waals surface area contributed by atoms with Crippen LogP contribution in [0.3, 0.4) is 0 Å². The fourth-order valence-corrected chi connectivity index (χ4v) is 5.75. The van der Waals surface area contributed by atoms with Crippen molar-refractivity contribution in [2.45, 2.75) is 56.2 Å². The second-order valence-electron chi connectivity index (χ2n) is 9.40. The van der Waals surface area contributed by atoms with Crippen molar-refractivity contribution in [3.05, 3.63) is 46.6 Å². The Morgan fingerprint density at radius 1 is 1.15 bits per heavy atom. The first-order valence-corrected chi connectivity index (χ1v) is 10.8. The minimum atomic E-state index is -4.49. The van der Waals surface area contributed by atoms with Crippen LogP contribution in [0.5, 0.6) is 0 Å². The summed E-state index contributed by atoms with van der Waals surface area (Å²) in [6.07, 6.45) is -4.03. The number of amidine groups is 1. The number of halogens is 5. The molecule has 5 aliphatic rings. The minimum Gasteiger partial charge on any atom is -0.390 e. The highest BCUT2D eigenvalue weighted by Crippen LogP contribution is 2.70. The van der Waals surface area contributed by atoms with Crippen LogP contribution in [0, 0.1) is 5.41 Å². The molecule has 2 heterocycles. The molecule has 0 aromatic heterocycles. The number of amides is 2. The fraction of sp³-hybridized carbons (Fsp3) is 0.500. The van der Waals surface area contributed by atoms with Gasteiger partial charge in [0.2, 0.25) is 5.91 Å². The summed E-state index contributed by atoms with van der Waals surface area (Å²) in [5.41, 5.74) is -1.87. The smallest absolute Gasteiger partial charge is 0.390 e. The van der Waals surface area contributed by atoms with Gasteiger partial charge in [-0.15, -0.1) is 0 Å². The van der Waals surface area contributed by atoms with Gasteiger partial charge in [-0.1, -0.05) is 23.7 Å². The van der Waals surface area contributed by atoms with Crippen molar-refractivity contribution in [3.8, 4) is 0 Å². The summed E-state index contributed by atoms with van der Waals surface area (Å²) in [5, 5.41) is 10.5.